The third kappa shape index (κ3) is 6.98. The van der Waals surface area contributed by atoms with Crippen molar-refractivity contribution in [2.24, 2.45) is 17.6 Å². The monoisotopic (exact) mass is 493 g/mol. The second kappa shape index (κ2) is 11.3. The van der Waals surface area contributed by atoms with Crippen molar-refractivity contribution in [1.29, 1.82) is 0 Å². The molecule has 7 heteroatoms. The lowest BCUT2D eigenvalue weighted by molar-refractivity contribution is -0.123. The minimum atomic E-state index is -1.16. The molecule has 0 spiro atoms. The maximum absolute atomic E-state index is 13.9. The summed E-state index contributed by atoms with van der Waals surface area (Å²) in [6.07, 6.45) is 3.25. The Balaban J connectivity index is 1.25. The van der Waals surface area contributed by atoms with Crippen LogP contribution in [0.1, 0.15) is 49.9 Å². The number of benzene rings is 1. The van der Waals surface area contributed by atoms with Gasteiger partial charge in [0.25, 0.3) is 5.91 Å². The second-order valence-electron chi connectivity index (χ2n) is 10.7. The first-order valence-electron chi connectivity index (χ1n) is 12.8. The highest BCUT2D eigenvalue weighted by atomic mass is 19.1. The molecule has 2 saturated heterocycles. The highest BCUT2D eigenvalue weighted by Gasteiger charge is 2.27. The van der Waals surface area contributed by atoms with E-state index >= 15 is 0 Å². The molecule has 6 nitrogen and oxygen atoms in total. The number of alkyl halides is 1. The van der Waals surface area contributed by atoms with Gasteiger partial charge in [0.05, 0.1) is 6.61 Å². The van der Waals surface area contributed by atoms with Crippen LogP contribution in [0.25, 0.3) is 11.1 Å². The maximum Gasteiger partial charge on any atom is 0.253 e. The number of nitrogens with two attached hydrogens (primary N) is 1. The molecule has 0 saturated carbocycles. The average molecular weight is 494 g/mol. The number of hydrogen-bond donors (Lipinski definition) is 1. The zero-order valence-corrected chi connectivity index (χ0v) is 21.3. The molecule has 2 heterocycles. The van der Waals surface area contributed by atoms with Gasteiger partial charge >= 0.3 is 0 Å². The minimum absolute atomic E-state index is 0.0250. The van der Waals surface area contributed by atoms with Gasteiger partial charge in [0.15, 0.2) is 5.75 Å². The van der Waals surface area contributed by atoms with E-state index in [0.29, 0.717) is 56.3 Å². The van der Waals surface area contributed by atoms with Gasteiger partial charge in [0, 0.05) is 36.7 Å². The fourth-order valence-electron chi connectivity index (χ4n) is 5.02. The molecule has 0 bridgehead atoms. The SMILES string of the molecule is CC(C)(F)CN1CCC(COc2c#cc(-c3ccc(C(=O)N4CCC(C(N)=O)CC4)cc3)cc2)CC1. The van der Waals surface area contributed by atoms with Gasteiger partial charge in [-0.2, -0.15) is 0 Å². The predicted molar refractivity (Wildman–Crippen MR) is 137 cm³/mol. The lowest BCUT2D eigenvalue weighted by Crippen LogP contribution is -2.41. The van der Waals surface area contributed by atoms with Crippen molar-refractivity contribution in [3.8, 4) is 16.9 Å². The number of primary amides is 1. The van der Waals surface area contributed by atoms with E-state index in [-0.39, 0.29) is 17.7 Å². The molecule has 36 heavy (non-hydrogen) atoms. The Morgan fingerprint density at radius 1 is 1.00 bits per heavy atom. The summed E-state index contributed by atoms with van der Waals surface area (Å²) >= 11 is 0. The van der Waals surface area contributed by atoms with Crippen LogP contribution in [0, 0.1) is 24.0 Å². The van der Waals surface area contributed by atoms with Gasteiger partial charge in [-0.3, -0.25) is 9.59 Å². The van der Waals surface area contributed by atoms with E-state index in [1.54, 1.807) is 18.7 Å². The van der Waals surface area contributed by atoms with Gasteiger partial charge in [-0.1, -0.05) is 18.2 Å². The van der Waals surface area contributed by atoms with Crippen LogP contribution in [0.15, 0.2) is 36.4 Å². The van der Waals surface area contributed by atoms with Crippen LogP contribution in [0.3, 0.4) is 0 Å². The van der Waals surface area contributed by atoms with Crippen LogP contribution in [-0.2, 0) is 4.79 Å². The first-order chi connectivity index (χ1) is 17.2. The number of hydrogen-bond acceptors (Lipinski definition) is 4. The molecule has 2 amide bonds. The number of amides is 2. The summed E-state index contributed by atoms with van der Waals surface area (Å²) in [5, 5.41) is 0. The van der Waals surface area contributed by atoms with Gasteiger partial charge in [0.1, 0.15) is 5.67 Å². The van der Waals surface area contributed by atoms with Crippen molar-refractivity contribution in [3.63, 3.8) is 0 Å². The third-order valence-corrected chi connectivity index (χ3v) is 7.13. The molecule has 0 radical (unpaired) electrons. The van der Waals surface area contributed by atoms with Crippen molar-refractivity contribution >= 4 is 11.8 Å². The zero-order chi connectivity index (χ0) is 25.7. The highest BCUT2D eigenvalue weighted by Crippen LogP contribution is 2.24. The van der Waals surface area contributed by atoms with Gasteiger partial charge in [-0.25, -0.2) is 4.39 Å². The van der Waals surface area contributed by atoms with Crippen molar-refractivity contribution in [3.05, 3.63) is 54.1 Å². The van der Waals surface area contributed by atoms with E-state index < -0.39 is 5.67 Å². The Morgan fingerprint density at radius 3 is 2.22 bits per heavy atom. The highest BCUT2D eigenvalue weighted by molar-refractivity contribution is 5.95. The van der Waals surface area contributed by atoms with Crippen LogP contribution in [0.4, 0.5) is 4.39 Å². The Hall–Kier alpha value is -3.11. The number of ether oxygens (including phenoxy) is 1. The number of rotatable bonds is 8. The Bertz CT molecular complexity index is 1020. The van der Waals surface area contributed by atoms with Crippen LogP contribution in [0.2, 0.25) is 0 Å². The molecule has 0 atom stereocenters. The molecule has 192 valence electrons. The molecule has 2 aromatic rings. The summed E-state index contributed by atoms with van der Waals surface area (Å²) in [5.74, 6) is 0.683. The molecule has 0 unspecified atom stereocenters. The van der Waals surface area contributed by atoms with Gasteiger partial charge in [-0.05, 0) is 94.4 Å². The Kier molecular flexibility index (Phi) is 8.15. The zero-order valence-electron chi connectivity index (χ0n) is 21.3. The maximum atomic E-state index is 13.9. The molecule has 2 aliphatic rings. The summed E-state index contributed by atoms with van der Waals surface area (Å²) in [7, 11) is 0. The molecular formula is C29H36FN3O3. The molecule has 2 N–H and O–H groups in total. The molecule has 2 aromatic carbocycles. The molecule has 0 aromatic heterocycles. The number of carbonyl (C=O) groups is 2. The van der Waals surface area contributed by atoms with E-state index in [0.717, 1.165) is 37.1 Å². The summed E-state index contributed by atoms with van der Waals surface area (Å²) in [5.41, 5.74) is 6.68. The van der Waals surface area contributed by atoms with Crippen LogP contribution in [-0.4, -0.2) is 66.6 Å². The first-order valence-corrected chi connectivity index (χ1v) is 12.8. The van der Waals surface area contributed by atoms with E-state index in [4.69, 9.17) is 10.5 Å². The topological polar surface area (TPSA) is 75.9 Å². The van der Waals surface area contributed by atoms with Crippen LogP contribution < -0.4 is 10.5 Å². The summed E-state index contributed by atoms with van der Waals surface area (Å²) in [4.78, 5) is 28.1. The smallest absolute Gasteiger partial charge is 0.253 e. The van der Waals surface area contributed by atoms with Gasteiger partial charge < -0.3 is 20.3 Å². The van der Waals surface area contributed by atoms with Crippen LogP contribution >= 0.6 is 0 Å². The molecular weight excluding hydrogens is 457 g/mol. The Morgan fingerprint density at radius 2 is 1.67 bits per heavy atom. The average Bonchev–Trinajstić information content (AvgIpc) is 2.87. The fraction of sp³-hybridized carbons (Fsp3) is 0.517. The third-order valence-electron chi connectivity index (χ3n) is 7.13. The summed E-state index contributed by atoms with van der Waals surface area (Å²) < 4.78 is 19.8. The fourth-order valence-corrected chi connectivity index (χ4v) is 5.02. The molecule has 2 aliphatic heterocycles. The number of nitrogens with zero attached hydrogens (tertiary/aromatic N) is 2. The van der Waals surface area contributed by atoms with E-state index in [1.807, 2.05) is 36.4 Å². The van der Waals surface area contributed by atoms with E-state index in [2.05, 4.69) is 17.0 Å². The van der Waals surface area contributed by atoms with E-state index in [9.17, 15) is 14.0 Å². The number of piperidine rings is 2. The standard InChI is InChI=1S/C29H36FN3O3/c1-29(2,30)20-32-15-11-21(12-16-32)19-36-26-9-7-23(8-10-26)22-3-5-25(6-4-22)28(35)33-17-13-24(14-18-33)27(31)34/h3-7,9,21,24H,11-20H2,1-2H3,(H2,31,34). The largest absolute Gasteiger partial charge is 0.485 e. The lowest BCUT2D eigenvalue weighted by Gasteiger charge is -2.34. The van der Waals surface area contributed by atoms with Crippen molar-refractivity contribution in [2.75, 3.05) is 39.3 Å². The number of likely N-dealkylation sites (tertiary alicyclic amines) is 2. The van der Waals surface area contributed by atoms with E-state index in [1.165, 1.54) is 0 Å². The normalized spacial score (nSPS) is 18.0. The predicted octanol–water partition coefficient (Wildman–Crippen LogP) is 4.13. The Labute approximate surface area is 213 Å². The summed E-state index contributed by atoms with van der Waals surface area (Å²) in [6.45, 7) is 7.27. The van der Waals surface area contributed by atoms with Crippen LogP contribution in [0.5, 0.6) is 5.75 Å². The molecule has 0 aliphatic carbocycles. The minimum Gasteiger partial charge on any atom is -0.485 e. The van der Waals surface area contributed by atoms with Gasteiger partial charge in [0.2, 0.25) is 5.91 Å². The number of carbonyl (C=O) groups excluding carboxylic acids is 2. The summed E-state index contributed by atoms with van der Waals surface area (Å²) in [6, 6.07) is 17.6. The molecule has 2 fully saturated rings. The molecule has 4 rings (SSSR count). The van der Waals surface area contributed by atoms with Gasteiger partial charge in [-0.15, -0.1) is 0 Å². The number of halogens is 1. The second-order valence-corrected chi connectivity index (χ2v) is 10.7. The van der Waals surface area contributed by atoms with Crippen molar-refractivity contribution in [2.45, 2.75) is 45.2 Å². The lowest BCUT2D eigenvalue weighted by atomic mass is 9.95. The quantitative estimate of drug-likeness (QED) is 0.600. The van der Waals surface area contributed by atoms with Crippen molar-refractivity contribution in [1.82, 2.24) is 9.80 Å². The van der Waals surface area contributed by atoms with Crippen molar-refractivity contribution < 1.29 is 18.7 Å². The first kappa shape index (κ1) is 26.0.